The van der Waals surface area contributed by atoms with Crippen LogP contribution in [0.5, 0.6) is 0 Å². The Morgan fingerprint density at radius 1 is 1.24 bits per heavy atom. The third-order valence-electron chi connectivity index (χ3n) is 4.60. The maximum Gasteiger partial charge on any atom is 0.190 e. The van der Waals surface area contributed by atoms with Crippen LogP contribution in [0.1, 0.15) is 12.5 Å². The lowest BCUT2D eigenvalue weighted by atomic mass is 10.1. The van der Waals surface area contributed by atoms with Crippen molar-refractivity contribution < 1.29 is 4.39 Å². The van der Waals surface area contributed by atoms with Crippen LogP contribution in [0.15, 0.2) is 29.3 Å². The van der Waals surface area contributed by atoms with E-state index in [0.29, 0.717) is 5.92 Å². The molecular weight excluding hydrogens is 317 g/mol. The van der Waals surface area contributed by atoms with Crippen LogP contribution in [0.4, 0.5) is 4.39 Å². The number of piperazine rings is 1. The summed E-state index contributed by atoms with van der Waals surface area (Å²) in [4.78, 5) is 9.18. The Labute approximate surface area is 151 Å². The number of hydrogen-bond donors (Lipinski definition) is 2. The summed E-state index contributed by atoms with van der Waals surface area (Å²) in [5.41, 5.74) is 0.992. The zero-order valence-electron chi connectivity index (χ0n) is 15.8. The predicted molar refractivity (Wildman–Crippen MR) is 103 cm³/mol. The molecule has 0 aliphatic carbocycles. The third-order valence-corrected chi connectivity index (χ3v) is 4.60. The van der Waals surface area contributed by atoms with Crippen LogP contribution >= 0.6 is 0 Å². The Balaban J connectivity index is 1.64. The van der Waals surface area contributed by atoms with E-state index in [1.54, 1.807) is 19.2 Å². The monoisotopic (exact) mass is 349 g/mol. The van der Waals surface area contributed by atoms with Gasteiger partial charge in [-0.25, -0.2) is 4.39 Å². The maximum absolute atomic E-state index is 13.2. The summed E-state index contributed by atoms with van der Waals surface area (Å²) in [6.07, 6.45) is 0.773. The molecule has 0 radical (unpaired) electrons. The number of rotatable bonds is 7. The number of guanidine groups is 1. The molecule has 1 aromatic rings. The molecule has 25 heavy (non-hydrogen) atoms. The van der Waals surface area contributed by atoms with Gasteiger partial charge in [-0.15, -0.1) is 0 Å². The van der Waals surface area contributed by atoms with E-state index in [-0.39, 0.29) is 5.82 Å². The minimum Gasteiger partial charge on any atom is -0.356 e. The number of nitrogens with zero attached hydrogens (tertiary/aromatic N) is 3. The minimum atomic E-state index is -0.183. The second-order valence-electron chi connectivity index (χ2n) is 6.97. The summed E-state index contributed by atoms with van der Waals surface area (Å²) in [5, 5.41) is 6.69. The summed E-state index contributed by atoms with van der Waals surface area (Å²) >= 11 is 0. The van der Waals surface area contributed by atoms with Crippen molar-refractivity contribution in [1.82, 2.24) is 20.4 Å². The number of benzene rings is 1. The summed E-state index contributed by atoms with van der Waals surface area (Å²) < 4.78 is 13.2. The van der Waals surface area contributed by atoms with Crippen LogP contribution in [-0.2, 0) is 6.42 Å². The number of nitrogens with one attached hydrogen (secondary N) is 2. The molecule has 0 spiro atoms. The molecule has 5 nitrogen and oxygen atoms in total. The van der Waals surface area contributed by atoms with E-state index in [2.05, 4.69) is 39.4 Å². The van der Waals surface area contributed by atoms with Crippen LogP contribution in [0, 0.1) is 11.7 Å². The van der Waals surface area contributed by atoms with Gasteiger partial charge in [0.25, 0.3) is 0 Å². The van der Waals surface area contributed by atoms with Gasteiger partial charge in [0, 0.05) is 52.9 Å². The third kappa shape index (κ3) is 7.40. The number of aliphatic imine (C=N–C) groups is 1. The Hall–Kier alpha value is -1.66. The molecule has 1 fully saturated rings. The van der Waals surface area contributed by atoms with Gasteiger partial charge in [0.15, 0.2) is 5.96 Å². The van der Waals surface area contributed by atoms with E-state index in [1.807, 2.05) is 6.07 Å². The normalized spacial score (nSPS) is 18.2. The van der Waals surface area contributed by atoms with E-state index in [1.165, 1.54) is 6.07 Å². The van der Waals surface area contributed by atoms with Gasteiger partial charge in [-0.05, 0) is 37.1 Å². The van der Waals surface area contributed by atoms with Crippen LogP contribution in [0.3, 0.4) is 0 Å². The second-order valence-corrected chi connectivity index (χ2v) is 6.97. The van der Waals surface area contributed by atoms with Crippen LogP contribution in [-0.4, -0.2) is 75.7 Å². The van der Waals surface area contributed by atoms with Gasteiger partial charge in [0.1, 0.15) is 5.82 Å². The molecule has 6 heteroatoms. The van der Waals surface area contributed by atoms with Crippen molar-refractivity contribution in [2.24, 2.45) is 10.9 Å². The number of likely N-dealkylation sites (N-methyl/N-ethyl adjacent to an activating group) is 1. The fourth-order valence-corrected chi connectivity index (χ4v) is 3.04. The molecule has 1 unspecified atom stereocenters. The van der Waals surface area contributed by atoms with Gasteiger partial charge >= 0.3 is 0 Å². The van der Waals surface area contributed by atoms with Crippen molar-refractivity contribution >= 4 is 5.96 Å². The van der Waals surface area contributed by atoms with Gasteiger partial charge < -0.3 is 20.4 Å². The van der Waals surface area contributed by atoms with Gasteiger partial charge in [0.2, 0.25) is 0 Å². The first-order valence-corrected chi connectivity index (χ1v) is 9.16. The summed E-state index contributed by atoms with van der Waals surface area (Å²) in [7, 11) is 3.96. The quantitative estimate of drug-likeness (QED) is 0.577. The molecule has 1 aromatic carbocycles. The first kappa shape index (κ1) is 19.7. The molecule has 1 aliphatic rings. The highest BCUT2D eigenvalue weighted by atomic mass is 19.1. The Bertz CT molecular complexity index is 540. The van der Waals surface area contributed by atoms with Crippen LogP contribution in [0.25, 0.3) is 0 Å². The standard InChI is InChI=1S/C19H32FN5/c1-16(15-25-11-9-24(3)10-12-25)14-23-19(21-2)22-8-7-17-5-4-6-18(20)13-17/h4-6,13,16H,7-12,14-15H2,1-3H3,(H2,21,22,23). The summed E-state index contributed by atoms with van der Waals surface area (Å²) in [6.45, 7) is 9.63. The lowest BCUT2D eigenvalue weighted by Gasteiger charge is -2.34. The zero-order valence-corrected chi connectivity index (χ0v) is 15.8. The Kier molecular flexibility index (Phi) is 8.15. The van der Waals surface area contributed by atoms with E-state index >= 15 is 0 Å². The highest BCUT2D eigenvalue weighted by molar-refractivity contribution is 5.79. The fraction of sp³-hybridized carbons (Fsp3) is 0.632. The number of halogens is 1. The van der Waals surface area contributed by atoms with E-state index in [0.717, 1.165) is 63.8 Å². The molecule has 140 valence electrons. The second kappa shape index (κ2) is 10.4. The molecule has 1 saturated heterocycles. The Morgan fingerprint density at radius 3 is 2.68 bits per heavy atom. The van der Waals surface area contributed by atoms with Crippen LogP contribution in [0.2, 0.25) is 0 Å². The van der Waals surface area contributed by atoms with Crippen molar-refractivity contribution in [3.8, 4) is 0 Å². The summed E-state index contributed by atoms with van der Waals surface area (Å²) in [5.74, 6) is 1.18. The highest BCUT2D eigenvalue weighted by Crippen LogP contribution is 2.04. The minimum absolute atomic E-state index is 0.183. The van der Waals surface area contributed by atoms with Crippen molar-refractivity contribution in [1.29, 1.82) is 0 Å². The fourth-order valence-electron chi connectivity index (χ4n) is 3.04. The van der Waals surface area contributed by atoms with E-state index in [4.69, 9.17) is 0 Å². The molecule has 0 bridgehead atoms. The zero-order chi connectivity index (χ0) is 18.1. The molecule has 1 aliphatic heterocycles. The SMILES string of the molecule is CN=C(NCCc1cccc(F)c1)NCC(C)CN1CCN(C)CC1. The largest absolute Gasteiger partial charge is 0.356 e. The molecule has 1 heterocycles. The van der Waals surface area contributed by atoms with E-state index in [9.17, 15) is 4.39 Å². The molecule has 1 atom stereocenters. The number of hydrogen-bond acceptors (Lipinski definition) is 3. The molecule has 0 amide bonds. The molecule has 2 rings (SSSR count). The van der Waals surface area contributed by atoms with Crippen LogP contribution < -0.4 is 10.6 Å². The Morgan fingerprint density at radius 2 is 2.00 bits per heavy atom. The van der Waals surface area contributed by atoms with Gasteiger partial charge in [-0.3, -0.25) is 4.99 Å². The van der Waals surface area contributed by atoms with Crippen molar-refractivity contribution in [2.45, 2.75) is 13.3 Å². The molecular formula is C19H32FN5. The lowest BCUT2D eigenvalue weighted by molar-refractivity contribution is 0.139. The molecule has 0 saturated carbocycles. The smallest absolute Gasteiger partial charge is 0.190 e. The van der Waals surface area contributed by atoms with Crippen molar-refractivity contribution in [2.75, 3.05) is 59.9 Å². The predicted octanol–water partition coefficient (Wildman–Crippen LogP) is 1.42. The molecule has 2 N–H and O–H groups in total. The molecule has 0 aromatic heterocycles. The van der Waals surface area contributed by atoms with Gasteiger partial charge in [-0.2, -0.15) is 0 Å². The first-order valence-electron chi connectivity index (χ1n) is 9.16. The lowest BCUT2D eigenvalue weighted by Crippen LogP contribution is -2.47. The summed E-state index contributed by atoms with van der Waals surface area (Å²) in [6, 6.07) is 6.74. The average Bonchev–Trinajstić information content (AvgIpc) is 2.60. The van der Waals surface area contributed by atoms with E-state index < -0.39 is 0 Å². The van der Waals surface area contributed by atoms with Gasteiger partial charge in [0.05, 0.1) is 0 Å². The topological polar surface area (TPSA) is 42.9 Å². The maximum atomic E-state index is 13.2. The van der Waals surface area contributed by atoms with Crippen molar-refractivity contribution in [3.63, 3.8) is 0 Å². The van der Waals surface area contributed by atoms with Gasteiger partial charge in [-0.1, -0.05) is 19.1 Å². The first-order chi connectivity index (χ1) is 12.1. The highest BCUT2D eigenvalue weighted by Gasteiger charge is 2.16. The average molecular weight is 349 g/mol. The van der Waals surface area contributed by atoms with Crippen molar-refractivity contribution in [3.05, 3.63) is 35.6 Å².